The van der Waals surface area contributed by atoms with E-state index in [1.165, 1.54) is 14.0 Å². The molecule has 0 radical (unpaired) electrons. The largest absolute Gasteiger partial charge is 0.453 e. The van der Waals surface area contributed by atoms with Crippen molar-refractivity contribution in [2.75, 3.05) is 7.11 Å². The smallest absolute Gasteiger partial charge is 0.407 e. The maximum Gasteiger partial charge on any atom is 0.407 e. The van der Waals surface area contributed by atoms with Crippen LogP contribution in [0.2, 0.25) is 0 Å². The van der Waals surface area contributed by atoms with E-state index >= 15 is 0 Å². The van der Waals surface area contributed by atoms with Crippen molar-refractivity contribution in [3.8, 4) is 11.1 Å². The van der Waals surface area contributed by atoms with Crippen molar-refractivity contribution in [2.24, 2.45) is 0 Å². The summed E-state index contributed by atoms with van der Waals surface area (Å²) in [6.45, 7) is 1.83. The number of carbonyl (C=O) groups excluding carboxylic acids is 2. The maximum atomic E-state index is 11.5. The Morgan fingerprint density at radius 3 is 2.43 bits per heavy atom. The SMILES string of the molecule is COC(=O)NCc1cc(C(C)=O)ccc1-c1ccccc1. The topological polar surface area (TPSA) is 55.4 Å². The first kappa shape index (κ1) is 14.8. The molecule has 0 fully saturated rings. The van der Waals surface area contributed by atoms with E-state index in [0.717, 1.165) is 16.7 Å². The summed E-state index contributed by atoms with van der Waals surface area (Å²) in [7, 11) is 1.32. The molecule has 0 aromatic heterocycles. The number of ketones is 1. The summed E-state index contributed by atoms with van der Waals surface area (Å²) in [6, 6.07) is 15.3. The molecular weight excluding hydrogens is 266 g/mol. The quantitative estimate of drug-likeness (QED) is 0.875. The molecule has 0 saturated heterocycles. The van der Waals surface area contributed by atoms with Gasteiger partial charge in [0.1, 0.15) is 0 Å². The standard InChI is InChI=1S/C17H17NO3/c1-12(19)14-8-9-16(13-6-4-3-5-7-13)15(10-14)11-18-17(20)21-2/h3-10H,11H2,1-2H3,(H,18,20). The lowest BCUT2D eigenvalue weighted by molar-refractivity contribution is 0.101. The average Bonchev–Trinajstić information content (AvgIpc) is 2.53. The predicted octanol–water partition coefficient (Wildman–Crippen LogP) is 3.41. The van der Waals surface area contributed by atoms with E-state index in [1.807, 2.05) is 36.4 Å². The number of Topliss-reactive ketones (excluding diaryl/α,β-unsaturated/α-hetero) is 1. The monoisotopic (exact) mass is 283 g/mol. The van der Waals surface area contributed by atoms with Crippen LogP contribution in [0, 0.1) is 0 Å². The van der Waals surface area contributed by atoms with Crippen LogP contribution in [0.3, 0.4) is 0 Å². The number of amides is 1. The molecular formula is C17H17NO3. The molecule has 21 heavy (non-hydrogen) atoms. The van der Waals surface area contributed by atoms with Crippen LogP contribution in [0.4, 0.5) is 4.79 Å². The fraction of sp³-hybridized carbons (Fsp3) is 0.176. The zero-order valence-corrected chi connectivity index (χ0v) is 12.1. The highest BCUT2D eigenvalue weighted by Gasteiger charge is 2.10. The van der Waals surface area contributed by atoms with Gasteiger partial charge in [-0.3, -0.25) is 4.79 Å². The highest BCUT2D eigenvalue weighted by atomic mass is 16.5. The number of hydrogen-bond donors (Lipinski definition) is 1. The molecule has 0 saturated carbocycles. The summed E-state index contributed by atoms with van der Waals surface area (Å²) < 4.78 is 4.58. The number of benzene rings is 2. The number of nitrogens with one attached hydrogen (secondary N) is 1. The van der Waals surface area contributed by atoms with Crippen LogP contribution in [0.1, 0.15) is 22.8 Å². The van der Waals surface area contributed by atoms with Crippen molar-refractivity contribution < 1.29 is 14.3 Å². The van der Waals surface area contributed by atoms with Crippen LogP contribution in [0.15, 0.2) is 48.5 Å². The molecule has 0 aliphatic heterocycles. The minimum Gasteiger partial charge on any atom is -0.453 e. The van der Waals surface area contributed by atoms with E-state index in [4.69, 9.17) is 0 Å². The van der Waals surface area contributed by atoms with E-state index in [-0.39, 0.29) is 5.78 Å². The van der Waals surface area contributed by atoms with Gasteiger partial charge in [-0.1, -0.05) is 42.5 Å². The summed E-state index contributed by atoms with van der Waals surface area (Å²) in [5, 5.41) is 2.65. The van der Waals surface area contributed by atoms with E-state index in [0.29, 0.717) is 12.1 Å². The average molecular weight is 283 g/mol. The van der Waals surface area contributed by atoms with E-state index in [9.17, 15) is 9.59 Å². The van der Waals surface area contributed by atoms with Crippen LogP contribution in [-0.4, -0.2) is 19.0 Å². The second-order valence-electron chi connectivity index (χ2n) is 4.64. The van der Waals surface area contributed by atoms with Crippen molar-refractivity contribution >= 4 is 11.9 Å². The highest BCUT2D eigenvalue weighted by Crippen LogP contribution is 2.25. The zero-order chi connectivity index (χ0) is 15.2. The van der Waals surface area contributed by atoms with Gasteiger partial charge in [0.2, 0.25) is 0 Å². The molecule has 0 heterocycles. The van der Waals surface area contributed by atoms with Gasteiger partial charge < -0.3 is 10.1 Å². The molecule has 4 nitrogen and oxygen atoms in total. The maximum absolute atomic E-state index is 11.5. The lowest BCUT2D eigenvalue weighted by Gasteiger charge is -2.12. The molecule has 0 aliphatic rings. The van der Waals surface area contributed by atoms with Crippen LogP contribution in [0.5, 0.6) is 0 Å². The number of alkyl carbamates (subject to hydrolysis) is 1. The molecule has 2 aromatic rings. The minimum atomic E-state index is -0.498. The van der Waals surface area contributed by atoms with Crippen molar-refractivity contribution in [3.05, 3.63) is 59.7 Å². The molecule has 1 amide bonds. The number of rotatable bonds is 4. The van der Waals surface area contributed by atoms with Crippen molar-refractivity contribution in [1.29, 1.82) is 0 Å². The molecule has 2 aromatic carbocycles. The van der Waals surface area contributed by atoms with Crippen LogP contribution in [-0.2, 0) is 11.3 Å². The Morgan fingerprint density at radius 2 is 1.81 bits per heavy atom. The summed E-state index contributed by atoms with van der Waals surface area (Å²) in [6.07, 6.45) is -0.498. The minimum absolute atomic E-state index is 0.00562. The predicted molar refractivity (Wildman–Crippen MR) is 81.1 cm³/mol. The van der Waals surface area contributed by atoms with Crippen LogP contribution < -0.4 is 5.32 Å². The summed E-state index contributed by atoms with van der Waals surface area (Å²) in [5.74, 6) is -0.00562. The molecule has 0 unspecified atom stereocenters. The zero-order valence-electron chi connectivity index (χ0n) is 12.1. The fourth-order valence-corrected chi connectivity index (χ4v) is 2.10. The van der Waals surface area contributed by atoms with Crippen LogP contribution >= 0.6 is 0 Å². The normalized spacial score (nSPS) is 10.0. The van der Waals surface area contributed by atoms with Gasteiger partial charge in [-0.25, -0.2) is 4.79 Å². The third-order valence-electron chi connectivity index (χ3n) is 3.21. The van der Waals surface area contributed by atoms with Gasteiger partial charge in [0.25, 0.3) is 0 Å². The number of ether oxygens (including phenoxy) is 1. The second-order valence-corrected chi connectivity index (χ2v) is 4.64. The molecule has 4 heteroatoms. The first-order valence-corrected chi connectivity index (χ1v) is 6.63. The van der Waals surface area contributed by atoms with E-state index < -0.39 is 6.09 Å². The van der Waals surface area contributed by atoms with Gasteiger partial charge in [-0.2, -0.15) is 0 Å². The Balaban J connectivity index is 2.39. The number of hydrogen-bond acceptors (Lipinski definition) is 3. The highest BCUT2D eigenvalue weighted by molar-refractivity contribution is 5.95. The molecule has 0 bridgehead atoms. The Bertz CT molecular complexity index is 650. The Labute approximate surface area is 123 Å². The summed E-state index contributed by atoms with van der Waals surface area (Å²) in [5.41, 5.74) is 3.52. The molecule has 1 N–H and O–H groups in total. The molecule has 0 aliphatic carbocycles. The lowest BCUT2D eigenvalue weighted by Crippen LogP contribution is -2.22. The van der Waals surface area contributed by atoms with Crippen molar-refractivity contribution in [1.82, 2.24) is 5.32 Å². The van der Waals surface area contributed by atoms with Crippen molar-refractivity contribution in [2.45, 2.75) is 13.5 Å². The van der Waals surface area contributed by atoms with E-state index in [1.54, 1.807) is 12.1 Å². The van der Waals surface area contributed by atoms with Crippen molar-refractivity contribution in [3.63, 3.8) is 0 Å². The number of methoxy groups -OCH3 is 1. The second kappa shape index (κ2) is 6.70. The lowest BCUT2D eigenvalue weighted by atomic mass is 9.96. The van der Waals surface area contributed by atoms with Gasteiger partial charge in [-0.05, 0) is 29.7 Å². The first-order chi connectivity index (χ1) is 10.1. The summed E-state index contributed by atoms with van der Waals surface area (Å²) >= 11 is 0. The van der Waals surface area contributed by atoms with Gasteiger partial charge in [0.15, 0.2) is 5.78 Å². The first-order valence-electron chi connectivity index (χ1n) is 6.63. The number of carbonyl (C=O) groups is 2. The molecule has 108 valence electrons. The van der Waals surface area contributed by atoms with Gasteiger partial charge in [-0.15, -0.1) is 0 Å². The molecule has 0 spiro atoms. The fourth-order valence-electron chi connectivity index (χ4n) is 2.10. The van der Waals surface area contributed by atoms with Gasteiger partial charge in [0, 0.05) is 12.1 Å². The Morgan fingerprint density at radius 1 is 1.10 bits per heavy atom. The summed E-state index contributed by atoms with van der Waals surface area (Å²) in [4.78, 5) is 22.8. The Kier molecular flexibility index (Phi) is 4.72. The molecule has 0 atom stereocenters. The molecule has 2 rings (SSSR count). The third-order valence-corrected chi connectivity index (χ3v) is 3.21. The third kappa shape index (κ3) is 3.69. The van der Waals surface area contributed by atoms with Crippen LogP contribution in [0.25, 0.3) is 11.1 Å². The van der Waals surface area contributed by atoms with Gasteiger partial charge >= 0.3 is 6.09 Å². The van der Waals surface area contributed by atoms with Gasteiger partial charge in [0.05, 0.1) is 7.11 Å². The Hall–Kier alpha value is -2.62. The van der Waals surface area contributed by atoms with E-state index in [2.05, 4.69) is 10.1 Å².